The molecule has 0 aromatic heterocycles. The lowest BCUT2D eigenvalue weighted by atomic mass is 9.85. The Labute approximate surface area is 71.7 Å². The summed E-state index contributed by atoms with van der Waals surface area (Å²) in [4.78, 5) is 0. The summed E-state index contributed by atoms with van der Waals surface area (Å²) >= 11 is 0. The maximum atomic E-state index is 8.63. The van der Waals surface area contributed by atoms with Gasteiger partial charge in [0.2, 0.25) is 0 Å². The average Bonchev–Trinajstić information content (AvgIpc) is 2.05. The van der Waals surface area contributed by atoms with Crippen LogP contribution >= 0.6 is 0 Å². The Morgan fingerprint density at radius 2 is 2.08 bits per heavy atom. The van der Waals surface area contributed by atoms with Gasteiger partial charge in [-0.05, 0) is 6.58 Å². The van der Waals surface area contributed by atoms with Crippen molar-refractivity contribution in [2.75, 3.05) is 0 Å². The number of nitrogens with zero attached hydrogens (tertiary/aromatic N) is 2. The minimum atomic E-state index is 0.485. The minimum absolute atomic E-state index is 0.485. The minimum Gasteiger partial charge on any atom is -0.176 e. The van der Waals surface area contributed by atoms with Crippen LogP contribution in [-0.4, -0.2) is 0 Å². The molecule has 0 saturated heterocycles. The maximum Gasteiger partial charge on any atom is 0.169 e. The van der Waals surface area contributed by atoms with E-state index in [2.05, 4.69) is 13.2 Å². The van der Waals surface area contributed by atoms with Crippen LogP contribution in [0, 0.1) is 28.6 Å². The zero-order chi connectivity index (χ0) is 9.14. The molecular formula is C10H7N2+. The summed E-state index contributed by atoms with van der Waals surface area (Å²) in [5, 5.41) is 17.3. The van der Waals surface area contributed by atoms with E-state index in [0.29, 0.717) is 17.9 Å². The first kappa shape index (κ1) is 8.17. The summed E-state index contributed by atoms with van der Waals surface area (Å²) < 4.78 is 0. The highest BCUT2D eigenvalue weighted by Gasteiger charge is 2.27. The van der Waals surface area contributed by atoms with Crippen molar-refractivity contribution in [2.24, 2.45) is 0 Å². The first-order valence-electron chi connectivity index (χ1n) is 3.44. The molecule has 0 amide bonds. The number of rotatable bonds is 0. The van der Waals surface area contributed by atoms with Gasteiger partial charge < -0.3 is 0 Å². The smallest absolute Gasteiger partial charge is 0.169 e. The van der Waals surface area contributed by atoms with Crippen LogP contribution in [-0.2, 0) is 0 Å². The van der Waals surface area contributed by atoms with E-state index in [1.165, 1.54) is 6.08 Å². The average molecular weight is 155 g/mol. The molecule has 0 aromatic carbocycles. The van der Waals surface area contributed by atoms with E-state index in [0.717, 1.165) is 11.1 Å². The molecule has 1 rings (SSSR count). The van der Waals surface area contributed by atoms with Crippen LogP contribution in [0.1, 0.15) is 6.42 Å². The molecule has 0 aromatic rings. The van der Waals surface area contributed by atoms with Crippen LogP contribution in [0.5, 0.6) is 0 Å². The predicted octanol–water partition coefficient (Wildman–Crippen LogP) is 2.05. The zero-order valence-corrected chi connectivity index (χ0v) is 6.59. The van der Waals surface area contributed by atoms with Crippen molar-refractivity contribution >= 4 is 0 Å². The van der Waals surface area contributed by atoms with Gasteiger partial charge in [-0.2, -0.15) is 10.5 Å². The van der Waals surface area contributed by atoms with Gasteiger partial charge in [-0.1, -0.05) is 6.58 Å². The molecule has 0 unspecified atom stereocenters. The topological polar surface area (TPSA) is 47.6 Å². The van der Waals surface area contributed by atoms with E-state index in [9.17, 15) is 0 Å². The van der Waals surface area contributed by atoms with Gasteiger partial charge in [0.1, 0.15) is 5.57 Å². The molecule has 0 atom stereocenters. The van der Waals surface area contributed by atoms with E-state index in [1.807, 2.05) is 12.1 Å². The third kappa shape index (κ3) is 1.24. The van der Waals surface area contributed by atoms with Gasteiger partial charge in [-0.15, -0.1) is 0 Å². The standard InChI is InChI=1S/C10H7N2/c1-7-3-8(2)10(6-12)4-9(7)5-11/h4H,1-3H2/q+1. The largest absolute Gasteiger partial charge is 0.176 e. The fourth-order valence-corrected chi connectivity index (χ4v) is 1.02. The molecule has 1 aliphatic carbocycles. The van der Waals surface area contributed by atoms with Gasteiger partial charge in [-0.25, -0.2) is 0 Å². The highest BCUT2D eigenvalue weighted by molar-refractivity contribution is 5.58. The molecule has 0 bridgehead atoms. The summed E-state index contributed by atoms with van der Waals surface area (Å²) in [5.74, 6) is 0.485. The molecule has 0 spiro atoms. The summed E-state index contributed by atoms with van der Waals surface area (Å²) in [5.41, 5.74) is 1.96. The van der Waals surface area contributed by atoms with Crippen LogP contribution in [0.25, 0.3) is 0 Å². The maximum absolute atomic E-state index is 8.63. The molecule has 2 heteroatoms. The zero-order valence-electron chi connectivity index (χ0n) is 6.59. The van der Waals surface area contributed by atoms with Crippen molar-refractivity contribution in [3.8, 4) is 12.1 Å². The normalized spacial score (nSPS) is 16.5. The summed E-state index contributed by atoms with van der Waals surface area (Å²) in [6.45, 7) is 7.42. The number of allylic oxidation sites excluding steroid dienone is 4. The van der Waals surface area contributed by atoms with E-state index in [1.54, 1.807) is 0 Å². The van der Waals surface area contributed by atoms with Gasteiger partial charge in [-0.3, -0.25) is 0 Å². The Morgan fingerprint density at radius 1 is 1.42 bits per heavy atom. The molecule has 0 aliphatic heterocycles. The van der Waals surface area contributed by atoms with Crippen molar-refractivity contribution in [3.63, 3.8) is 0 Å². The molecule has 1 aliphatic rings. The number of nitriles is 2. The lowest BCUT2D eigenvalue weighted by Gasteiger charge is -2.08. The third-order valence-electron chi connectivity index (χ3n) is 1.72. The summed E-state index contributed by atoms with van der Waals surface area (Å²) in [7, 11) is 0. The molecule has 0 saturated carbocycles. The highest BCUT2D eigenvalue weighted by atomic mass is 14.3. The third-order valence-corrected chi connectivity index (χ3v) is 1.72. The Kier molecular flexibility index (Phi) is 2.03. The van der Waals surface area contributed by atoms with Gasteiger partial charge in [0.15, 0.2) is 18.1 Å². The number of hydrogen-bond donors (Lipinski definition) is 0. The van der Waals surface area contributed by atoms with Crippen molar-refractivity contribution in [3.05, 3.63) is 41.9 Å². The van der Waals surface area contributed by atoms with E-state index in [4.69, 9.17) is 10.5 Å². The Bertz CT molecular complexity index is 347. The second-order valence-corrected chi connectivity index (χ2v) is 2.58. The first-order valence-corrected chi connectivity index (χ1v) is 3.44. The van der Waals surface area contributed by atoms with Crippen LogP contribution < -0.4 is 0 Å². The molecule has 2 nitrogen and oxygen atoms in total. The molecule has 0 radical (unpaired) electrons. The molecule has 56 valence electrons. The quantitative estimate of drug-likeness (QED) is 0.502. The van der Waals surface area contributed by atoms with Crippen LogP contribution in [0.2, 0.25) is 0 Å². The van der Waals surface area contributed by atoms with E-state index >= 15 is 0 Å². The predicted molar refractivity (Wildman–Crippen MR) is 45.4 cm³/mol. The van der Waals surface area contributed by atoms with Crippen molar-refractivity contribution in [1.29, 1.82) is 10.5 Å². The molecule has 0 fully saturated rings. The Morgan fingerprint density at radius 3 is 2.58 bits per heavy atom. The van der Waals surface area contributed by atoms with Crippen LogP contribution in [0.4, 0.5) is 0 Å². The van der Waals surface area contributed by atoms with E-state index in [-0.39, 0.29) is 0 Å². The summed E-state index contributed by atoms with van der Waals surface area (Å²) in [6.07, 6.45) is 2.07. The van der Waals surface area contributed by atoms with Gasteiger partial charge >= 0.3 is 0 Å². The van der Waals surface area contributed by atoms with Gasteiger partial charge in [0.25, 0.3) is 0 Å². The fourth-order valence-electron chi connectivity index (χ4n) is 1.02. The Balaban J connectivity index is 3.07. The number of hydrogen-bond acceptors (Lipinski definition) is 2. The second kappa shape index (κ2) is 2.98. The Hall–Kier alpha value is -1.93. The summed E-state index contributed by atoms with van der Waals surface area (Å²) in [6, 6.07) is 3.97. The van der Waals surface area contributed by atoms with Gasteiger partial charge in [0.05, 0.1) is 11.6 Å². The first-order chi connectivity index (χ1) is 5.69. The van der Waals surface area contributed by atoms with Gasteiger partial charge in [0, 0.05) is 12.0 Å². The van der Waals surface area contributed by atoms with Crippen molar-refractivity contribution < 1.29 is 0 Å². The fraction of sp³-hybridized carbons (Fsp3) is 0.100. The lowest BCUT2D eigenvalue weighted by molar-refractivity contribution is 1.08. The second-order valence-electron chi connectivity index (χ2n) is 2.58. The molecule has 12 heavy (non-hydrogen) atoms. The van der Waals surface area contributed by atoms with Crippen LogP contribution in [0.3, 0.4) is 0 Å². The highest BCUT2D eigenvalue weighted by Crippen LogP contribution is 2.30. The van der Waals surface area contributed by atoms with Crippen molar-refractivity contribution in [2.45, 2.75) is 6.42 Å². The SMILES string of the molecule is C=C1CC(=C)[C+](C#N)C=C1C#N. The monoisotopic (exact) mass is 155 g/mol. The molecular weight excluding hydrogens is 148 g/mol. The lowest BCUT2D eigenvalue weighted by Crippen LogP contribution is -2.04. The molecule has 0 N–H and O–H groups in total. The van der Waals surface area contributed by atoms with Crippen LogP contribution in [0.15, 0.2) is 36.0 Å². The molecule has 0 heterocycles. The van der Waals surface area contributed by atoms with E-state index < -0.39 is 0 Å². The van der Waals surface area contributed by atoms with Crippen molar-refractivity contribution in [1.82, 2.24) is 0 Å².